The number of hydrogen-bond donors (Lipinski definition) is 2. The number of aliphatic hydroxyl groups excluding tert-OH is 1. The highest BCUT2D eigenvalue weighted by atomic mass is 35.5. The average Bonchev–Trinajstić information content (AvgIpc) is 2.67. The molecular weight excluding hydrogens is 392 g/mol. The molecule has 2 atom stereocenters. The van der Waals surface area contributed by atoms with E-state index in [4.69, 9.17) is 21.1 Å². The number of ether oxygens (including phenoxy) is 2. The van der Waals surface area contributed by atoms with Crippen LogP contribution in [0.25, 0.3) is 0 Å². The number of pyridine rings is 1. The molecule has 6 nitrogen and oxygen atoms in total. The molecule has 1 aromatic carbocycles. The van der Waals surface area contributed by atoms with Crippen LogP contribution in [-0.2, 0) is 4.74 Å². The number of aliphatic hydroxyl groups is 1. The number of halogens is 1. The van der Waals surface area contributed by atoms with Gasteiger partial charge in [0, 0.05) is 10.7 Å². The normalized spacial score (nSPS) is 13.0. The zero-order chi connectivity index (χ0) is 21.7. The first-order valence-electron chi connectivity index (χ1n) is 9.70. The SMILES string of the molecule is CCC(O)C(CC)Nc1cc(C)nc(Oc2c(C)cc(Cl)cc2C)c1C(=O)OC. The molecule has 1 heterocycles. The molecule has 0 radical (unpaired) electrons. The minimum atomic E-state index is -0.569. The minimum absolute atomic E-state index is 0.147. The predicted molar refractivity (Wildman–Crippen MR) is 115 cm³/mol. The van der Waals surface area contributed by atoms with Crippen molar-refractivity contribution in [3.05, 3.63) is 45.6 Å². The number of esters is 1. The van der Waals surface area contributed by atoms with Crippen LogP contribution in [0.15, 0.2) is 18.2 Å². The number of methoxy groups -OCH3 is 1. The second kappa shape index (κ2) is 9.94. The number of nitrogens with one attached hydrogen (secondary N) is 1. The first-order valence-corrected chi connectivity index (χ1v) is 10.1. The molecule has 0 spiro atoms. The van der Waals surface area contributed by atoms with Crippen molar-refractivity contribution < 1.29 is 19.4 Å². The molecule has 0 saturated carbocycles. The van der Waals surface area contributed by atoms with Crippen molar-refractivity contribution in [1.82, 2.24) is 4.98 Å². The van der Waals surface area contributed by atoms with Gasteiger partial charge in [0.2, 0.25) is 5.88 Å². The quantitative estimate of drug-likeness (QED) is 0.571. The summed E-state index contributed by atoms with van der Waals surface area (Å²) in [6.45, 7) is 9.46. The molecule has 1 aromatic heterocycles. The fraction of sp³-hybridized carbons (Fsp3) is 0.455. The number of hydrogen-bond acceptors (Lipinski definition) is 6. The van der Waals surface area contributed by atoms with Crippen molar-refractivity contribution in [3.63, 3.8) is 0 Å². The van der Waals surface area contributed by atoms with E-state index in [2.05, 4.69) is 10.3 Å². The van der Waals surface area contributed by atoms with Crippen LogP contribution in [0.1, 0.15) is 53.9 Å². The summed E-state index contributed by atoms with van der Waals surface area (Å²) in [7, 11) is 1.31. The van der Waals surface area contributed by atoms with Crippen molar-refractivity contribution in [2.45, 2.75) is 59.6 Å². The summed E-state index contributed by atoms with van der Waals surface area (Å²) in [5.74, 6) is 0.165. The maximum Gasteiger partial charge on any atom is 0.345 e. The molecule has 0 aliphatic rings. The van der Waals surface area contributed by atoms with E-state index in [-0.39, 0.29) is 17.5 Å². The summed E-state index contributed by atoms with van der Waals surface area (Å²) >= 11 is 6.12. The third kappa shape index (κ3) is 5.40. The molecule has 0 saturated heterocycles. The summed E-state index contributed by atoms with van der Waals surface area (Å²) in [6.07, 6.45) is 0.724. The van der Waals surface area contributed by atoms with E-state index < -0.39 is 12.1 Å². The molecule has 2 unspecified atom stereocenters. The van der Waals surface area contributed by atoms with Gasteiger partial charge in [-0.3, -0.25) is 0 Å². The van der Waals surface area contributed by atoms with Crippen LogP contribution >= 0.6 is 11.6 Å². The molecule has 0 aliphatic heterocycles. The first kappa shape index (κ1) is 23.0. The zero-order valence-corrected chi connectivity index (χ0v) is 18.6. The first-order chi connectivity index (χ1) is 13.7. The van der Waals surface area contributed by atoms with Crippen molar-refractivity contribution in [2.75, 3.05) is 12.4 Å². The van der Waals surface area contributed by atoms with E-state index in [0.29, 0.717) is 35.0 Å². The summed E-state index contributed by atoms with van der Waals surface area (Å²) in [5.41, 5.74) is 3.03. The molecule has 2 aromatic rings. The van der Waals surface area contributed by atoms with Crippen molar-refractivity contribution in [3.8, 4) is 11.6 Å². The number of rotatable bonds is 8. The lowest BCUT2D eigenvalue weighted by Crippen LogP contribution is -2.33. The lowest BCUT2D eigenvalue weighted by Gasteiger charge is -2.25. The van der Waals surface area contributed by atoms with Gasteiger partial charge >= 0.3 is 5.97 Å². The molecule has 29 heavy (non-hydrogen) atoms. The van der Waals surface area contributed by atoms with Gasteiger partial charge in [-0.25, -0.2) is 9.78 Å². The maximum atomic E-state index is 12.6. The van der Waals surface area contributed by atoms with Crippen molar-refractivity contribution in [2.24, 2.45) is 0 Å². The lowest BCUT2D eigenvalue weighted by molar-refractivity contribution is 0.0597. The van der Waals surface area contributed by atoms with Crippen LogP contribution in [-0.4, -0.2) is 35.3 Å². The van der Waals surface area contributed by atoms with E-state index in [1.54, 1.807) is 18.2 Å². The second-order valence-corrected chi connectivity index (χ2v) is 7.52. The van der Waals surface area contributed by atoms with E-state index >= 15 is 0 Å². The molecule has 2 rings (SSSR count). The van der Waals surface area contributed by atoms with Gasteiger partial charge < -0.3 is 19.9 Å². The lowest BCUT2D eigenvalue weighted by atomic mass is 10.0. The van der Waals surface area contributed by atoms with Crippen LogP contribution in [0.3, 0.4) is 0 Å². The third-order valence-corrected chi connectivity index (χ3v) is 5.01. The number of carbonyl (C=O) groups excluding carboxylic acids is 1. The minimum Gasteiger partial charge on any atom is -0.465 e. The van der Waals surface area contributed by atoms with Gasteiger partial charge in [0.25, 0.3) is 0 Å². The summed E-state index contributed by atoms with van der Waals surface area (Å²) in [5, 5.41) is 14.2. The Hall–Kier alpha value is -2.31. The van der Waals surface area contributed by atoms with Gasteiger partial charge in [0.05, 0.1) is 24.9 Å². The molecule has 0 amide bonds. The smallest absolute Gasteiger partial charge is 0.345 e. The van der Waals surface area contributed by atoms with Gasteiger partial charge in [-0.15, -0.1) is 0 Å². The molecule has 0 aliphatic carbocycles. The highest BCUT2D eigenvalue weighted by Crippen LogP contribution is 2.35. The Morgan fingerprint density at radius 1 is 1.17 bits per heavy atom. The van der Waals surface area contributed by atoms with E-state index in [1.807, 2.05) is 34.6 Å². The Kier molecular flexibility index (Phi) is 7.88. The van der Waals surface area contributed by atoms with Crippen LogP contribution in [0, 0.1) is 20.8 Å². The average molecular weight is 421 g/mol. The van der Waals surface area contributed by atoms with Gasteiger partial charge in [0.15, 0.2) is 0 Å². The molecular formula is C22H29ClN2O4. The van der Waals surface area contributed by atoms with Gasteiger partial charge in [0.1, 0.15) is 11.3 Å². The fourth-order valence-electron chi connectivity index (χ4n) is 3.24. The molecule has 7 heteroatoms. The van der Waals surface area contributed by atoms with Crippen molar-refractivity contribution in [1.29, 1.82) is 0 Å². The number of nitrogens with zero attached hydrogens (tertiary/aromatic N) is 1. The Balaban J connectivity index is 2.58. The van der Waals surface area contributed by atoms with E-state index in [0.717, 1.165) is 11.1 Å². The fourth-order valence-corrected chi connectivity index (χ4v) is 3.57. The predicted octanol–water partition coefficient (Wildman–Crippen LogP) is 5.20. The Morgan fingerprint density at radius 3 is 2.31 bits per heavy atom. The summed E-state index contributed by atoms with van der Waals surface area (Å²) in [6, 6.07) is 5.12. The highest BCUT2D eigenvalue weighted by Gasteiger charge is 2.25. The van der Waals surface area contributed by atoms with Crippen LogP contribution in [0.5, 0.6) is 11.6 Å². The number of benzene rings is 1. The summed E-state index contributed by atoms with van der Waals surface area (Å²) in [4.78, 5) is 17.1. The number of aromatic nitrogens is 1. The number of carbonyl (C=O) groups is 1. The maximum absolute atomic E-state index is 12.6. The molecule has 0 bridgehead atoms. The zero-order valence-electron chi connectivity index (χ0n) is 17.8. The standard InChI is InChI=1S/C22H29ClN2O4/c1-7-16(18(26)8-2)25-17-11-14(5)24-21(19(17)22(27)28-6)29-20-12(3)9-15(23)10-13(20)4/h9-11,16,18,26H,7-8H2,1-6H3,(H,24,25). The van der Waals surface area contributed by atoms with Crippen molar-refractivity contribution >= 4 is 23.3 Å². The van der Waals surface area contributed by atoms with Gasteiger partial charge in [-0.05, 0) is 62.9 Å². The van der Waals surface area contributed by atoms with E-state index in [1.165, 1.54) is 7.11 Å². The van der Waals surface area contributed by atoms with Crippen LogP contribution in [0.4, 0.5) is 5.69 Å². The Morgan fingerprint density at radius 2 is 1.79 bits per heavy atom. The molecule has 0 fully saturated rings. The third-order valence-electron chi connectivity index (χ3n) is 4.79. The summed E-state index contributed by atoms with van der Waals surface area (Å²) < 4.78 is 11.1. The van der Waals surface area contributed by atoms with E-state index in [9.17, 15) is 9.90 Å². The van der Waals surface area contributed by atoms with Crippen LogP contribution < -0.4 is 10.1 Å². The van der Waals surface area contributed by atoms with Gasteiger partial charge in [-0.2, -0.15) is 0 Å². The number of anilines is 1. The Bertz CT molecular complexity index is 862. The number of aryl methyl sites for hydroxylation is 3. The molecule has 158 valence electrons. The highest BCUT2D eigenvalue weighted by molar-refractivity contribution is 6.30. The monoisotopic (exact) mass is 420 g/mol. The largest absolute Gasteiger partial charge is 0.465 e. The topological polar surface area (TPSA) is 80.7 Å². The van der Waals surface area contributed by atoms with Crippen LogP contribution in [0.2, 0.25) is 5.02 Å². The molecule has 2 N–H and O–H groups in total. The van der Waals surface area contributed by atoms with Gasteiger partial charge in [-0.1, -0.05) is 25.4 Å². The Labute approximate surface area is 177 Å². The second-order valence-electron chi connectivity index (χ2n) is 7.09.